The molecule has 0 amide bonds. The van der Waals surface area contributed by atoms with E-state index in [-0.39, 0.29) is 10.8 Å². The van der Waals surface area contributed by atoms with Gasteiger partial charge in [-0.25, -0.2) is 0 Å². The molecule has 0 saturated heterocycles. The Morgan fingerprint density at radius 1 is 0.737 bits per heavy atom. The molecule has 102 valence electrons. The van der Waals surface area contributed by atoms with Crippen LogP contribution in [-0.2, 0) is 17.3 Å². The molecule has 0 bridgehead atoms. The predicted octanol–water partition coefficient (Wildman–Crippen LogP) is 5.98. The van der Waals surface area contributed by atoms with Crippen molar-refractivity contribution in [1.29, 1.82) is 0 Å². The molecule has 0 N–H and O–H groups in total. The second-order valence-electron chi connectivity index (χ2n) is 7.61. The molecule has 0 unspecified atom stereocenters. The Labute approximate surface area is 124 Å². The van der Waals surface area contributed by atoms with Crippen molar-refractivity contribution in [3.8, 4) is 9.75 Å². The van der Waals surface area contributed by atoms with E-state index in [1.54, 1.807) is 20.9 Å². The largest absolute Gasteiger partial charge is 0.139 e. The summed E-state index contributed by atoms with van der Waals surface area (Å²) < 4.78 is 0. The molecule has 2 aromatic rings. The van der Waals surface area contributed by atoms with Crippen molar-refractivity contribution in [2.75, 3.05) is 0 Å². The number of hydrogen-bond acceptors (Lipinski definition) is 2. The average molecular weight is 290 g/mol. The maximum absolute atomic E-state index is 2.43. The highest BCUT2D eigenvalue weighted by Gasteiger charge is 2.29. The van der Waals surface area contributed by atoms with Crippen LogP contribution in [-0.4, -0.2) is 0 Å². The first-order valence-electron chi connectivity index (χ1n) is 6.93. The average Bonchev–Trinajstić information content (AvgIpc) is 2.81. The lowest BCUT2D eigenvalue weighted by Crippen LogP contribution is -2.08. The number of hydrogen-bond donors (Lipinski definition) is 0. The van der Waals surface area contributed by atoms with Gasteiger partial charge in [-0.2, -0.15) is 0 Å². The first-order chi connectivity index (χ1) is 8.66. The second kappa shape index (κ2) is 3.95. The smallest absolute Gasteiger partial charge is 0.0484 e. The molecular formula is C17H22S2. The zero-order valence-electron chi connectivity index (χ0n) is 12.7. The minimum atomic E-state index is 0.277. The molecule has 2 heteroatoms. The van der Waals surface area contributed by atoms with Crippen molar-refractivity contribution >= 4 is 22.7 Å². The summed E-state index contributed by atoms with van der Waals surface area (Å²) in [5, 5.41) is 0. The fraction of sp³-hybridized carbons (Fsp3) is 0.529. The molecule has 0 aliphatic heterocycles. The molecule has 1 aliphatic carbocycles. The number of fused-ring (bicyclic) bond motifs is 3. The van der Waals surface area contributed by atoms with Crippen LogP contribution >= 0.6 is 22.7 Å². The molecule has 0 fully saturated rings. The highest BCUT2D eigenvalue weighted by Crippen LogP contribution is 2.50. The summed E-state index contributed by atoms with van der Waals surface area (Å²) in [6.45, 7) is 13.9. The van der Waals surface area contributed by atoms with E-state index in [1.165, 1.54) is 9.75 Å². The Morgan fingerprint density at radius 2 is 1.11 bits per heavy atom. The van der Waals surface area contributed by atoms with Gasteiger partial charge in [0.25, 0.3) is 0 Å². The van der Waals surface area contributed by atoms with Gasteiger partial charge in [-0.05, 0) is 34.1 Å². The molecule has 0 saturated carbocycles. The molecule has 2 heterocycles. The highest BCUT2D eigenvalue weighted by molar-refractivity contribution is 7.22. The van der Waals surface area contributed by atoms with E-state index in [0.717, 1.165) is 6.42 Å². The number of rotatable bonds is 0. The Balaban J connectivity index is 2.07. The zero-order chi connectivity index (χ0) is 14.0. The van der Waals surface area contributed by atoms with Crippen molar-refractivity contribution in [2.24, 2.45) is 0 Å². The van der Waals surface area contributed by atoms with Crippen LogP contribution in [0.25, 0.3) is 9.75 Å². The molecule has 0 aromatic carbocycles. The van der Waals surface area contributed by atoms with Crippen LogP contribution in [0.3, 0.4) is 0 Å². The van der Waals surface area contributed by atoms with Crippen molar-refractivity contribution < 1.29 is 0 Å². The summed E-state index contributed by atoms with van der Waals surface area (Å²) in [6, 6.07) is 4.87. The van der Waals surface area contributed by atoms with Crippen molar-refractivity contribution in [3.05, 3.63) is 33.0 Å². The Hall–Kier alpha value is -0.600. The van der Waals surface area contributed by atoms with E-state index in [4.69, 9.17) is 0 Å². The molecule has 19 heavy (non-hydrogen) atoms. The van der Waals surface area contributed by atoms with Crippen LogP contribution in [0.15, 0.2) is 12.1 Å². The van der Waals surface area contributed by atoms with Gasteiger partial charge in [0.15, 0.2) is 0 Å². The molecule has 0 nitrogen and oxygen atoms in total. The lowest BCUT2D eigenvalue weighted by atomic mass is 9.93. The van der Waals surface area contributed by atoms with Gasteiger partial charge in [-0.3, -0.25) is 0 Å². The van der Waals surface area contributed by atoms with E-state index in [1.807, 2.05) is 22.7 Å². The molecular weight excluding hydrogens is 268 g/mol. The van der Waals surface area contributed by atoms with Gasteiger partial charge in [-0.1, -0.05) is 41.5 Å². The van der Waals surface area contributed by atoms with Crippen LogP contribution in [0.1, 0.15) is 62.4 Å². The van der Waals surface area contributed by atoms with E-state index in [0.29, 0.717) is 0 Å². The van der Waals surface area contributed by atoms with E-state index < -0.39 is 0 Å². The maximum Gasteiger partial charge on any atom is 0.0484 e. The second-order valence-corrected chi connectivity index (χ2v) is 9.71. The summed E-state index contributed by atoms with van der Waals surface area (Å²) in [7, 11) is 0. The topological polar surface area (TPSA) is 0 Å². The van der Waals surface area contributed by atoms with E-state index in [2.05, 4.69) is 53.7 Å². The van der Waals surface area contributed by atoms with Crippen LogP contribution in [0, 0.1) is 0 Å². The summed E-state index contributed by atoms with van der Waals surface area (Å²) in [4.78, 5) is 6.13. The minimum Gasteiger partial charge on any atom is -0.139 e. The quantitative estimate of drug-likeness (QED) is 0.478. The fourth-order valence-corrected chi connectivity index (χ4v) is 5.13. The summed E-state index contributed by atoms with van der Waals surface area (Å²) in [5.41, 5.74) is 3.66. The zero-order valence-corrected chi connectivity index (χ0v) is 14.3. The molecule has 3 rings (SSSR count). The molecule has 2 aromatic heterocycles. The minimum absolute atomic E-state index is 0.277. The number of thiophene rings is 2. The summed E-state index contributed by atoms with van der Waals surface area (Å²) in [5.74, 6) is 0. The first-order valence-corrected chi connectivity index (χ1v) is 8.56. The van der Waals surface area contributed by atoms with Gasteiger partial charge >= 0.3 is 0 Å². The molecule has 0 atom stereocenters. The summed E-state index contributed by atoms with van der Waals surface area (Å²) >= 11 is 4.01. The third-order valence-corrected chi connectivity index (χ3v) is 7.05. The molecule has 0 radical (unpaired) electrons. The van der Waals surface area contributed by atoms with Crippen molar-refractivity contribution in [2.45, 2.75) is 58.8 Å². The normalized spacial score (nSPS) is 14.6. The van der Waals surface area contributed by atoms with Gasteiger partial charge in [0, 0.05) is 25.9 Å². The van der Waals surface area contributed by atoms with Crippen LogP contribution in [0.2, 0.25) is 0 Å². The van der Waals surface area contributed by atoms with Crippen molar-refractivity contribution in [3.63, 3.8) is 0 Å². The lowest BCUT2D eigenvalue weighted by molar-refractivity contribution is 0.603. The molecule has 1 aliphatic rings. The standard InChI is InChI=1S/C17H22S2/c1-16(2,3)12-8-10-7-11-9-13(17(4,5)6)19-15(11)14(10)18-12/h8-9H,7H2,1-6H3. The van der Waals surface area contributed by atoms with E-state index in [9.17, 15) is 0 Å². The van der Waals surface area contributed by atoms with Gasteiger partial charge in [0.05, 0.1) is 0 Å². The third kappa shape index (κ3) is 2.19. The fourth-order valence-electron chi connectivity index (χ4n) is 2.45. The van der Waals surface area contributed by atoms with Gasteiger partial charge < -0.3 is 0 Å². The maximum atomic E-state index is 2.43. The van der Waals surface area contributed by atoms with Crippen LogP contribution in [0.5, 0.6) is 0 Å². The summed E-state index contributed by atoms with van der Waals surface area (Å²) in [6.07, 6.45) is 1.14. The first kappa shape index (κ1) is 13.4. The van der Waals surface area contributed by atoms with Crippen molar-refractivity contribution in [1.82, 2.24) is 0 Å². The third-order valence-electron chi connectivity index (χ3n) is 3.68. The van der Waals surface area contributed by atoms with Gasteiger partial charge in [-0.15, -0.1) is 22.7 Å². The Morgan fingerprint density at radius 3 is 1.42 bits per heavy atom. The predicted molar refractivity (Wildman–Crippen MR) is 87.8 cm³/mol. The van der Waals surface area contributed by atoms with Crippen LogP contribution in [0.4, 0.5) is 0 Å². The lowest BCUT2D eigenvalue weighted by Gasteiger charge is -2.15. The van der Waals surface area contributed by atoms with E-state index >= 15 is 0 Å². The Bertz CT molecular complexity index is 571. The monoisotopic (exact) mass is 290 g/mol. The SMILES string of the molecule is CC(C)(C)c1cc2c(s1)-c1sc(C(C)(C)C)cc1C2. The van der Waals surface area contributed by atoms with Gasteiger partial charge in [0.1, 0.15) is 0 Å². The highest BCUT2D eigenvalue weighted by atomic mass is 32.1. The van der Waals surface area contributed by atoms with Gasteiger partial charge in [0.2, 0.25) is 0 Å². The Kier molecular flexibility index (Phi) is 2.79. The van der Waals surface area contributed by atoms with Crippen LogP contribution < -0.4 is 0 Å². The molecule has 0 spiro atoms.